The molecule has 1 amide bonds. The van der Waals surface area contributed by atoms with E-state index in [1.165, 1.54) is 12.1 Å². The smallest absolute Gasteiger partial charge is 0.230 e. The molecule has 0 saturated heterocycles. The van der Waals surface area contributed by atoms with Crippen LogP contribution in [0.3, 0.4) is 0 Å². The molecule has 0 atom stereocenters. The summed E-state index contributed by atoms with van der Waals surface area (Å²) in [4.78, 5) is 21.8. The molecule has 162 valence electrons. The second kappa shape index (κ2) is 11.0. The zero-order chi connectivity index (χ0) is 22.9. The highest BCUT2D eigenvalue weighted by atomic mass is 19.1. The number of amides is 1. The van der Waals surface area contributed by atoms with Crippen LogP contribution in [0.5, 0.6) is 0 Å². The Hall–Kier alpha value is -3.86. The lowest BCUT2D eigenvalue weighted by molar-refractivity contribution is -0.115. The summed E-state index contributed by atoms with van der Waals surface area (Å²) in [5.41, 5.74) is 4.82. The Labute approximate surface area is 188 Å². The minimum Gasteiger partial charge on any atom is -0.309 e. The van der Waals surface area contributed by atoms with Gasteiger partial charge in [-0.3, -0.25) is 4.79 Å². The van der Waals surface area contributed by atoms with E-state index < -0.39 is 0 Å². The molecule has 0 fully saturated rings. The van der Waals surface area contributed by atoms with Crippen LogP contribution in [0.1, 0.15) is 25.0 Å². The van der Waals surface area contributed by atoms with Crippen molar-refractivity contribution in [2.45, 2.75) is 27.2 Å². The Kier molecular flexibility index (Phi) is 7.81. The van der Waals surface area contributed by atoms with Gasteiger partial charge >= 0.3 is 0 Å². The molecule has 0 bridgehead atoms. The predicted molar refractivity (Wildman–Crippen MR) is 128 cm³/mol. The van der Waals surface area contributed by atoms with Crippen molar-refractivity contribution in [3.05, 3.63) is 102 Å². The third kappa shape index (κ3) is 5.85. The molecule has 4 rings (SSSR count). The van der Waals surface area contributed by atoms with Crippen molar-refractivity contribution in [1.29, 1.82) is 0 Å². The molecule has 0 unspecified atom stereocenters. The minimum atomic E-state index is -0.310. The van der Waals surface area contributed by atoms with Gasteiger partial charge in [0, 0.05) is 11.1 Å². The van der Waals surface area contributed by atoms with Gasteiger partial charge in [0.05, 0.1) is 18.3 Å². The third-order valence-corrected chi connectivity index (χ3v) is 4.70. The summed E-state index contributed by atoms with van der Waals surface area (Å²) in [6.45, 7) is 6.01. The van der Waals surface area contributed by atoms with Crippen LogP contribution in [0.15, 0.2) is 85.1 Å². The van der Waals surface area contributed by atoms with E-state index >= 15 is 0 Å². The Morgan fingerprint density at radius 1 is 0.875 bits per heavy atom. The van der Waals surface area contributed by atoms with Gasteiger partial charge in [-0.05, 0) is 36.8 Å². The molecular formula is C27H26FN3O. The first-order valence-electron chi connectivity index (χ1n) is 10.6. The van der Waals surface area contributed by atoms with Crippen LogP contribution in [-0.4, -0.2) is 15.9 Å². The van der Waals surface area contributed by atoms with E-state index in [-0.39, 0.29) is 18.1 Å². The molecule has 1 heterocycles. The van der Waals surface area contributed by atoms with Crippen LogP contribution in [0, 0.1) is 12.7 Å². The summed E-state index contributed by atoms with van der Waals surface area (Å²) in [7, 11) is 0. The first-order valence-corrected chi connectivity index (χ1v) is 10.6. The molecule has 1 aromatic heterocycles. The summed E-state index contributed by atoms with van der Waals surface area (Å²) in [5, 5.41) is 2.89. The number of hydrogen-bond acceptors (Lipinski definition) is 3. The maximum atomic E-state index is 13.3. The van der Waals surface area contributed by atoms with Crippen LogP contribution in [0.2, 0.25) is 0 Å². The zero-order valence-electron chi connectivity index (χ0n) is 18.5. The van der Waals surface area contributed by atoms with Crippen molar-refractivity contribution >= 4 is 11.7 Å². The number of anilines is 1. The van der Waals surface area contributed by atoms with Gasteiger partial charge in [-0.25, -0.2) is 14.4 Å². The van der Waals surface area contributed by atoms with Crippen LogP contribution in [-0.2, 0) is 11.2 Å². The molecule has 0 aliphatic carbocycles. The highest BCUT2D eigenvalue weighted by Gasteiger charge is 2.14. The minimum absolute atomic E-state index is 0.167. The molecule has 0 aliphatic rings. The van der Waals surface area contributed by atoms with E-state index in [2.05, 4.69) is 10.3 Å². The Balaban J connectivity index is 0.00000141. The second-order valence-corrected chi connectivity index (χ2v) is 7.04. The van der Waals surface area contributed by atoms with Gasteiger partial charge in [0.1, 0.15) is 11.5 Å². The first kappa shape index (κ1) is 22.8. The van der Waals surface area contributed by atoms with E-state index in [0.29, 0.717) is 17.2 Å². The van der Waals surface area contributed by atoms with Crippen LogP contribution >= 0.6 is 0 Å². The van der Waals surface area contributed by atoms with Gasteiger partial charge in [-0.1, -0.05) is 74.0 Å². The largest absolute Gasteiger partial charge is 0.309 e. The van der Waals surface area contributed by atoms with Gasteiger partial charge in [-0.2, -0.15) is 0 Å². The van der Waals surface area contributed by atoms with E-state index in [1.807, 2.05) is 75.4 Å². The van der Waals surface area contributed by atoms with Crippen LogP contribution in [0.4, 0.5) is 10.2 Å². The zero-order valence-corrected chi connectivity index (χ0v) is 18.5. The molecule has 0 aliphatic heterocycles. The van der Waals surface area contributed by atoms with E-state index in [4.69, 9.17) is 4.98 Å². The van der Waals surface area contributed by atoms with Gasteiger partial charge in [-0.15, -0.1) is 0 Å². The van der Waals surface area contributed by atoms with Crippen molar-refractivity contribution in [3.63, 3.8) is 0 Å². The number of carbonyl (C=O) groups is 1. The topological polar surface area (TPSA) is 54.9 Å². The number of nitrogens with one attached hydrogen (secondary N) is 1. The molecule has 0 radical (unpaired) electrons. The molecular weight excluding hydrogens is 401 g/mol. The van der Waals surface area contributed by atoms with E-state index in [0.717, 1.165) is 22.3 Å². The van der Waals surface area contributed by atoms with Gasteiger partial charge < -0.3 is 5.32 Å². The van der Waals surface area contributed by atoms with Crippen LogP contribution < -0.4 is 5.32 Å². The van der Waals surface area contributed by atoms with Crippen molar-refractivity contribution in [3.8, 4) is 22.5 Å². The van der Waals surface area contributed by atoms with Crippen LogP contribution in [0.25, 0.3) is 22.5 Å². The molecule has 1 N–H and O–H groups in total. The Morgan fingerprint density at radius 2 is 1.53 bits per heavy atom. The van der Waals surface area contributed by atoms with E-state index in [1.54, 1.807) is 18.3 Å². The highest BCUT2D eigenvalue weighted by molar-refractivity contribution is 5.94. The lowest BCUT2D eigenvalue weighted by Gasteiger charge is -2.12. The van der Waals surface area contributed by atoms with Crippen molar-refractivity contribution in [2.75, 3.05) is 5.32 Å². The van der Waals surface area contributed by atoms with Crippen molar-refractivity contribution < 1.29 is 9.18 Å². The number of nitrogens with zero attached hydrogens (tertiary/aromatic N) is 2. The quantitative estimate of drug-likeness (QED) is 0.397. The molecule has 32 heavy (non-hydrogen) atoms. The fourth-order valence-corrected chi connectivity index (χ4v) is 3.11. The number of halogens is 1. The third-order valence-electron chi connectivity index (χ3n) is 4.70. The SMILES string of the molecule is CC.Cc1ccc(CC(=O)Nc2ncc(-c3ccc(F)cc3)nc2-c2ccccc2)cc1. The normalized spacial score (nSPS) is 10.1. The number of benzene rings is 3. The van der Waals surface area contributed by atoms with Gasteiger partial charge in [0.15, 0.2) is 5.82 Å². The number of carbonyl (C=O) groups excluding carboxylic acids is 1. The molecule has 3 aromatic carbocycles. The molecule has 4 aromatic rings. The van der Waals surface area contributed by atoms with Crippen molar-refractivity contribution in [2.24, 2.45) is 0 Å². The number of aryl methyl sites for hydroxylation is 1. The fraction of sp³-hybridized carbons (Fsp3) is 0.148. The molecule has 5 heteroatoms. The molecule has 0 spiro atoms. The Morgan fingerprint density at radius 3 is 2.19 bits per heavy atom. The fourth-order valence-electron chi connectivity index (χ4n) is 3.11. The average Bonchev–Trinajstić information content (AvgIpc) is 2.83. The summed E-state index contributed by atoms with van der Waals surface area (Å²) < 4.78 is 13.3. The van der Waals surface area contributed by atoms with Gasteiger partial charge in [0.2, 0.25) is 5.91 Å². The summed E-state index contributed by atoms with van der Waals surface area (Å²) in [5.74, 6) is -0.0842. The Bertz CT molecular complexity index is 1160. The first-order chi connectivity index (χ1) is 15.6. The average molecular weight is 428 g/mol. The summed E-state index contributed by atoms with van der Waals surface area (Å²) in [6, 6.07) is 23.5. The summed E-state index contributed by atoms with van der Waals surface area (Å²) in [6.07, 6.45) is 1.83. The highest BCUT2D eigenvalue weighted by Crippen LogP contribution is 2.27. The lowest BCUT2D eigenvalue weighted by Crippen LogP contribution is -2.16. The van der Waals surface area contributed by atoms with Crippen molar-refractivity contribution in [1.82, 2.24) is 9.97 Å². The number of hydrogen-bond donors (Lipinski definition) is 1. The maximum Gasteiger partial charge on any atom is 0.230 e. The monoisotopic (exact) mass is 427 g/mol. The van der Waals surface area contributed by atoms with Gasteiger partial charge in [0.25, 0.3) is 0 Å². The number of aromatic nitrogens is 2. The van der Waals surface area contributed by atoms with E-state index in [9.17, 15) is 9.18 Å². The molecule has 4 nitrogen and oxygen atoms in total. The lowest BCUT2D eigenvalue weighted by atomic mass is 10.1. The number of rotatable bonds is 5. The summed E-state index contributed by atoms with van der Waals surface area (Å²) >= 11 is 0. The molecule has 0 saturated carbocycles. The predicted octanol–water partition coefficient (Wildman–Crippen LogP) is 6.47. The maximum absolute atomic E-state index is 13.3. The second-order valence-electron chi connectivity index (χ2n) is 7.04. The standard InChI is InChI=1S/C25H20FN3O.C2H6/c1-17-7-9-18(10-8-17)15-23(30)29-25-24(20-5-3-2-4-6-20)28-22(16-27-25)19-11-13-21(26)14-12-19;1-2/h2-14,16H,15H2,1H3,(H,27,29,30);1-2H3.